The molecule has 0 aromatic heterocycles. The molecule has 7 nitrogen and oxygen atoms in total. The predicted molar refractivity (Wildman–Crippen MR) is 130 cm³/mol. The van der Waals surface area contributed by atoms with Gasteiger partial charge in [-0.15, -0.1) is 0 Å². The number of fused-ring (bicyclic) bond motifs is 1. The van der Waals surface area contributed by atoms with Crippen LogP contribution < -0.4 is 20.7 Å². The molecule has 1 heterocycles. The van der Waals surface area contributed by atoms with Gasteiger partial charge in [-0.2, -0.15) is 0 Å². The Balaban J connectivity index is 1.67. The van der Waals surface area contributed by atoms with E-state index in [4.69, 9.17) is 4.74 Å². The first-order chi connectivity index (χ1) is 15.6. The number of guanidine groups is 1. The van der Waals surface area contributed by atoms with Crippen LogP contribution in [0.5, 0.6) is 5.75 Å². The molecule has 2 unspecified atom stereocenters. The van der Waals surface area contributed by atoms with Crippen molar-refractivity contribution < 1.29 is 9.53 Å². The first-order valence-electron chi connectivity index (χ1n) is 11.3. The van der Waals surface area contributed by atoms with Crippen LogP contribution in [0.1, 0.15) is 43.4 Å². The van der Waals surface area contributed by atoms with Gasteiger partial charge in [-0.1, -0.05) is 44.2 Å². The van der Waals surface area contributed by atoms with Gasteiger partial charge in [0.25, 0.3) is 0 Å². The fourth-order valence-electron chi connectivity index (χ4n) is 4.29. The number of nitrogens with one attached hydrogen (secondary N) is 3. The molecule has 2 aromatic carbocycles. The summed E-state index contributed by atoms with van der Waals surface area (Å²) in [6.07, 6.45) is 0.465. The quantitative estimate of drug-likeness (QED) is 0.414. The normalized spacial score (nSPS) is 16.8. The summed E-state index contributed by atoms with van der Waals surface area (Å²) < 4.78 is 5.43. The van der Waals surface area contributed by atoms with Crippen molar-refractivity contribution in [3.05, 3.63) is 59.7 Å². The third kappa shape index (κ3) is 5.79. The van der Waals surface area contributed by atoms with Crippen molar-refractivity contribution in [3.63, 3.8) is 0 Å². The number of hydrogen-bond donors (Lipinski definition) is 3. The number of methoxy groups -OCH3 is 1. The number of hydrogen-bond acceptors (Lipinski definition) is 4. The molecule has 0 fully saturated rings. The highest BCUT2D eigenvalue weighted by Gasteiger charge is 2.25. The van der Waals surface area contributed by atoms with Crippen LogP contribution in [0.25, 0.3) is 0 Å². The maximum atomic E-state index is 12.1. The summed E-state index contributed by atoms with van der Waals surface area (Å²) in [6.45, 7) is 7.58. The second kappa shape index (κ2) is 11.5. The molecule has 3 rings (SSSR count). The Morgan fingerprint density at radius 2 is 1.97 bits per heavy atom. The summed E-state index contributed by atoms with van der Waals surface area (Å²) in [6, 6.07) is 16.4. The van der Waals surface area contributed by atoms with Crippen LogP contribution in [0.2, 0.25) is 0 Å². The van der Waals surface area contributed by atoms with Crippen molar-refractivity contribution in [1.29, 1.82) is 0 Å². The lowest BCUT2D eigenvalue weighted by molar-refractivity contribution is -0.116. The van der Waals surface area contributed by atoms with Crippen molar-refractivity contribution in [3.8, 4) is 5.75 Å². The third-order valence-corrected chi connectivity index (χ3v) is 6.04. The van der Waals surface area contributed by atoms with E-state index in [1.54, 1.807) is 14.2 Å². The lowest BCUT2D eigenvalue weighted by atomic mass is 9.90. The molecule has 0 saturated carbocycles. The largest absolute Gasteiger partial charge is 0.497 e. The number of carbonyl (C=O) groups is 1. The highest BCUT2D eigenvalue weighted by atomic mass is 16.5. The molecule has 3 N–H and O–H groups in total. The fourth-order valence-corrected chi connectivity index (χ4v) is 4.29. The molecule has 1 aliphatic heterocycles. The summed E-state index contributed by atoms with van der Waals surface area (Å²) in [7, 11) is 3.47. The van der Waals surface area contributed by atoms with Crippen LogP contribution in [0.4, 0.5) is 5.69 Å². The topological polar surface area (TPSA) is 78.0 Å². The number of para-hydroxylation sites is 1. The average Bonchev–Trinajstić information content (AvgIpc) is 2.83. The van der Waals surface area contributed by atoms with E-state index in [9.17, 15) is 4.79 Å². The van der Waals surface area contributed by atoms with E-state index in [2.05, 4.69) is 57.9 Å². The highest BCUT2D eigenvalue weighted by Crippen LogP contribution is 2.31. The van der Waals surface area contributed by atoms with Crippen LogP contribution in [0, 0.1) is 0 Å². The molecule has 1 amide bonds. The van der Waals surface area contributed by atoms with Crippen molar-refractivity contribution >= 4 is 17.6 Å². The third-order valence-electron chi connectivity index (χ3n) is 6.04. The molecule has 1 aliphatic rings. The van der Waals surface area contributed by atoms with Gasteiger partial charge >= 0.3 is 0 Å². The van der Waals surface area contributed by atoms with Gasteiger partial charge in [0.2, 0.25) is 5.91 Å². The number of nitrogens with zero attached hydrogens (tertiary/aromatic N) is 2. The Kier molecular flexibility index (Phi) is 8.50. The van der Waals surface area contributed by atoms with E-state index in [-0.39, 0.29) is 17.9 Å². The number of aliphatic imine (C=N–C) groups is 1. The maximum absolute atomic E-state index is 12.1. The monoisotopic (exact) mass is 437 g/mol. The Labute approximate surface area is 191 Å². The molecule has 0 spiro atoms. The highest BCUT2D eigenvalue weighted by molar-refractivity contribution is 5.94. The Hall–Kier alpha value is -3.06. The Morgan fingerprint density at radius 3 is 2.69 bits per heavy atom. The molecule has 172 valence electrons. The van der Waals surface area contributed by atoms with Gasteiger partial charge in [0.05, 0.1) is 13.2 Å². The molecule has 2 atom stereocenters. The summed E-state index contributed by atoms with van der Waals surface area (Å²) in [5.41, 5.74) is 3.26. The van der Waals surface area contributed by atoms with Gasteiger partial charge in [0.15, 0.2) is 5.96 Å². The summed E-state index contributed by atoms with van der Waals surface area (Å²) in [4.78, 5) is 18.9. The maximum Gasteiger partial charge on any atom is 0.225 e. The zero-order chi connectivity index (χ0) is 22.9. The number of anilines is 1. The molecule has 7 heteroatoms. The van der Waals surface area contributed by atoms with E-state index in [0.717, 1.165) is 36.0 Å². The number of ether oxygens (including phenoxy) is 1. The predicted octanol–water partition coefficient (Wildman–Crippen LogP) is 3.37. The van der Waals surface area contributed by atoms with E-state index in [1.165, 1.54) is 5.56 Å². The number of amides is 1. The van der Waals surface area contributed by atoms with Gasteiger partial charge in [-0.3, -0.25) is 14.7 Å². The lowest BCUT2D eigenvalue weighted by Gasteiger charge is -2.31. The van der Waals surface area contributed by atoms with E-state index < -0.39 is 0 Å². The summed E-state index contributed by atoms with van der Waals surface area (Å²) >= 11 is 0. The number of rotatable bonds is 9. The van der Waals surface area contributed by atoms with Crippen molar-refractivity contribution in [2.24, 2.45) is 4.99 Å². The first-order valence-corrected chi connectivity index (χ1v) is 11.3. The van der Waals surface area contributed by atoms with Crippen LogP contribution in [-0.2, 0) is 4.79 Å². The Bertz CT molecular complexity index is 926. The molecule has 32 heavy (non-hydrogen) atoms. The summed E-state index contributed by atoms with van der Waals surface area (Å²) in [5.74, 6) is 1.75. The number of carbonyl (C=O) groups excluding carboxylic acids is 1. The zero-order valence-electron chi connectivity index (χ0n) is 19.5. The molecule has 0 bridgehead atoms. The first kappa shape index (κ1) is 23.6. The van der Waals surface area contributed by atoms with Crippen molar-refractivity contribution in [1.82, 2.24) is 15.5 Å². The number of likely N-dealkylation sites (N-methyl/N-ethyl adjacent to an activating group) is 1. The average molecular weight is 438 g/mol. The van der Waals surface area contributed by atoms with Crippen molar-refractivity contribution in [2.75, 3.05) is 45.7 Å². The van der Waals surface area contributed by atoms with Crippen LogP contribution >= 0.6 is 0 Å². The van der Waals surface area contributed by atoms with Crippen LogP contribution in [0.15, 0.2) is 53.5 Å². The second-order valence-corrected chi connectivity index (χ2v) is 7.88. The molecular weight excluding hydrogens is 402 g/mol. The SMILES string of the molecule is CCN(CC)C(CNC(=NC)NCC1CC(=O)Nc2ccccc21)c1cccc(OC)c1. The van der Waals surface area contributed by atoms with E-state index in [0.29, 0.717) is 19.5 Å². The van der Waals surface area contributed by atoms with Gasteiger partial charge in [-0.05, 0) is 42.4 Å². The second-order valence-electron chi connectivity index (χ2n) is 7.88. The van der Waals surface area contributed by atoms with Crippen molar-refractivity contribution in [2.45, 2.75) is 32.2 Å². The Morgan fingerprint density at radius 1 is 1.19 bits per heavy atom. The van der Waals surface area contributed by atoms with E-state index >= 15 is 0 Å². The molecule has 0 aliphatic carbocycles. The molecule has 0 radical (unpaired) electrons. The minimum Gasteiger partial charge on any atom is -0.497 e. The molecular formula is C25H35N5O2. The fraction of sp³-hybridized carbons (Fsp3) is 0.440. The van der Waals surface area contributed by atoms with Gasteiger partial charge in [0, 0.05) is 38.2 Å². The standard InChI is InChI=1S/C25H35N5O2/c1-5-30(6-2)23(18-10-9-11-20(14-18)32-4)17-28-25(26-3)27-16-19-15-24(31)29-22-13-8-7-12-21(19)22/h7-14,19,23H,5-6,15-17H2,1-4H3,(H,29,31)(H2,26,27,28). The minimum atomic E-state index is 0.0538. The van der Waals surface area contributed by atoms with Gasteiger partial charge < -0.3 is 20.7 Å². The molecule has 0 saturated heterocycles. The summed E-state index contributed by atoms with van der Waals surface area (Å²) in [5, 5.41) is 9.86. The van der Waals surface area contributed by atoms with Crippen LogP contribution in [0.3, 0.4) is 0 Å². The zero-order valence-corrected chi connectivity index (χ0v) is 19.5. The molecule has 2 aromatic rings. The minimum absolute atomic E-state index is 0.0538. The van der Waals surface area contributed by atoms with Gasteiger partial charge in [-0.25, -0.2) is 0 Å². The van der Waals surface area contributed by atoms with Crippen LogP contribution in [-0.4, -0.2) is 57.1 Å². The number of benzene rings is 2. The van der Waals surface area contributed by atoms with Gasteiger partial charge in [0.1, 0.15) is 5.75 Å². The lowest BCUT2D eigenvalue weighted by Crippen LogP contribution is -2.44. The van der Waals surface area contributed by atoms with E-state index in [1.807, 2.05) is 30.3 Å². The smallest absolute Gasteiger partial charge is 0.225 e.